The van der Waals surface area contributed by atoms with Crippen molar-refractivity contribution < 1.29 is 19.1 Å². The predicted octanol–water partition coefficient (Wildman–Crippen LogP) is 3.98. The van der Waals surface area contributed by atoms with Gasteiger partial charge in [-0.1, -0.05) is 52.3 Å². The van der Waals surface area contributed by atoms with Gasteiger partial charge in [0, 0.05) is 29.7 Å². The Labute approximate surface area is 196 Å². The van der Waals surface area contributed by atoms with Crippen LogP contribution in [0.1, 0.15) is 25.3 Å². The van der Waals surface area contributed by atoms with Gasteiger partial charge in [-0.25, -0.2) is 4.79 Å². The molecule has 3 rings (SSSR count). The average Bonchev–Trinajstić information content (AvgIpc) is 2.79. The number of hydrogen-bond donors (Lipinski definition) is 2. The van der Waals surface area contributed by atoms with Crippen molar-refractivity contribution >= 4 is 39.5 Å². The number of benzene rings is 2. The summed E-state index contributed by atoms with van der Waals surface area (Å²) < 4.78 is 5.98. The van der Waals surface area contributed by atoms with Crippen molar-refractivity contribution in [1.29, 1.82) is 0 Å². The van der Waals surface area contributed by atoms with Crippen molar-refractivity contribution in [3.63, 3.8) is 0 Å². The second kappa shape index (κ2) is 11.7. The largest absolute Gasteiger partial charge is 0.466 e. The van der Waals surface area contributed by atoms with E-state index in [1.54, 1.807) is 24.0 Å². The number of piperidine rings is 1. The molecule has 32 heavy (non-hydrogen) atoms. The van der Waals surface area contributed by atoms with Gasteiger partial charge in [-0.05, 0) is 43.5 Å². The molecule has 8 heteroatoms. The predicted molar refractivity (Wildman–Crippen MR) is 126 cm³/mol. The lowest BCUT2D eigenvalue weighted by Gasteiger charge is -2.34. The Bertz CT molecular complexity index is 938. The van der Waals surface area contributed by atoms with E-state index in [2.05, 4.69) is 26.6 Å². The maximum absolute atomic E-state index is 13.4. The van der Waals surface area contributed by atoms with Crippen LogP contribution < -0.4 is 10.6 Å². The maximum Gasteiger partial charge on any atom is 0.319 e. The van der Waals surface area contributed by atoms with E-state index in [4.69, 9.17) is 4.74 Å². The van der Waals surface area contributed by atoms with E-state index in [-0.39, 0.29) is 17.8 Å². The zero-order valence-electron chi connectivity index (χ0n) is 18.1. The van der Waals surface area contributed by atoms with Gasteiger partial charge in [-0.2, -0.15) is 0 Å². The molecule has 0 aliphatic carbocycles. The van der Waals surface area contributed by atoms with E-state index in [1.807, 2.05) is 42.5 Å². The number of ether oxygens (including phenoxy) is 1. The van der Waals surface area contributed by atoms with Crippen molar-refractivity contribution in [1.82, 2.24) is 10.2 Å². The first-order valence-electron chi connectivity index (χ1n) is 10.8. The number of anilines is 1. The molecule has 2 aromatic carbocycles. The fourth-order valence-electron chi connectivity index (χ4n) is 3.79. The van der Waals surface area contributed by atoms with E-state index in [0.717, 1.165) is 16.5 Å². The first-order valence-corrected chi connectivity index (χ1v) is 11.6. The van der Waals surface area contributed by atoms with Crippen LogP contribution in [-0.4, -0.2) is 48.5 Å². The molecule has 0 aromatic heterocycles. The Kier molecular flexibility index (Phi) is 8.67. The molecule has 0 spiro atoms. The number of carbonyl (C=O) groups is 3. The normalized spacial score (nSPS) is 16.7. The molecule has 2 N–H and O–H groups in total. The third kappa shape index (κ3) is 6.82. The highest BCUT2D eigenvalue weighted by Gasteiger charge is 2.33. The number of hydrogen-bond acceptors (Lipinski definition) is 4. The Morgan fingerprint density at radius 2 is 1.94 bits per heavy atom. The number of carbonyl (C=O) groups excluding carboxylic acids is 3. The molecule has 7 nitrogen and oxygen atoms in total. The minimum Gasteiger partial charge on any atom is -0.466 e. The van der Waals surface area contributed by atoms with Crippen molar-refractivity contribution in [3.05, 3.63) is 64.6 Å². The van der Waals surface area contributed by atoms with Crippen LogP contribution in [0.3, 0.4) is 0 Å². The Balaban J connectivity index is 1.72. The monoisotopic (exact) mass is 501 g/mol. The summed E-state index contributed by atoms with van der Waals surface area (Å²) in [7, 11) is 0. The lowest BCUT2D eigenvalue weighted by molar-refractivity contribution is -0.151. The van der Waals surface area contributed by atoms with E-state index >= 15 is 0 Å². The summed E-state index contributed by atoms with van der Waals surface area (Å²) in [6, 6.07) is 15.6. The molecule has 1 heterocycles. The highest BCUT2D eigenvalue weighted by atomic mass is 79.9. The molecular formula is C24H28BrN3O4. The zero-order valence-corrected chi connectivity index (χ0v) is 19.6. The number of rotatable bonds is 7. The quantitative estimate of drug-likeness (QED) is 0.561. The van der Waals surface area contributed by atoms with Crippen LogP contribution >= 0.6 is 15.9 Å². The first kappa shape index (κ1) is 23.8. The van der Waals surface area contributed by atoms with Crippen LogP contribution in [0.25, 0.3) is 0 Å². The third-order valence-electron chi connectivity index (χ3n) is 5.32. The zero-order chi connectivity index (χ0) is 22.9. The van der Waals surface area contributed by atoms with Gasteiger partial charge >= 0.3 is 12.0 Å². The van der Waals surface area contributed by atoms with Crippen molar-refractivity contribution in [2.45, 2.75) is 32.2 Å². The highest BCUT2D eigenvalue weighted by molar-refractivity contribution is 9.10. The van der Waals surface area contributed by atoms with Crippen LogP contribution in [0, 0.1) is 5.92 Å². The molecule has 3 amide bonds. The molecule has 170 valence electrons. The number of likely N-dealkylation sites (tertiary alicyclic amines) is 1. The van der Waals surface area contributed by atoms with Gasteiger partial charge in [0.2, 0.25) is 5.91 Å². The Morgan fingerprint density at radius 1 is 1.16 bits per heavy atom. The van der Waals surface area contributed by atoms with E-state index < -0.39 is 12.1 Å². The molecule has 0 saturated carbocycles. The molecule has 1 aliphatic heterocycles. The summed E-state index contributed by atoms with van der Waals surface area (Å²) in [5, 5.41) is 5.60. The molecule has 1 saturated heterocycles. The topological polar surface area (TPSA) is 87.7 Å². The molecule has 0 bridgehead atoms. The number of nitrogens with one attached hydrogen (secondary N) is 2. The van der Waals surface area contributed by atoms with E-state index in [9.17, 15) is 14.4 Å². The fraction of sp³-hybridized carbons (Fsp3) is 0.375. The molecular weight excluding hydrogens is 474 g/mol. The van der Waals surface area contributed by atoms with Crippen LogP contribution in [0.4, 0.5) is 10.5 Å². The van der Waals surface area contributed by atoms with E-state index in [0.29, 0.717) is 38.2 Å². The van der Waals surface area contributed by atoms with Crippen LogP contribution in [0.5, 0.6) is 0 Å². The molecule has 2 unspecified atom stereocenters. The van der Waals surface area contributed by atoms with Crippen molar-refractivity contribution in [2.24, 2.45) is 5.92 Å². The number of urea groups is 1. The number of halogens is 1. The van der Waals surface area contributed by atoms with Gasteiger partial charge in [-0.3, -0.25) is 9.59 Å². The van der Waals surface area contributed by atoms with Crippen LogP contribution in [0.2, 0.25) is 0 Å². The number of amides is 3. The minimum atomic E-state index is -0.759. The number of nitrogens with zero attached hydrogens (tertiary/aromatic N) is 1. The fourth-order valence-corrected chi connectivity index (χ4v) is 4.19. The molecule has 0 radical (unpaired) electrons. The second-order valence-electron chi connectivity index (χ2n) is 7.73. The van der Waals surface area contributed by atoms with Gasteiger partial charge in [0.25, 0.3) is 0 Å². The van der Waals surface area contributed by atoms with Crippen molar-refractivity contribution in [3.8, 4) is 0 Å². The van der Waals surface area contributed by atoms with Crippen LogP contribution in [0.15, 0.2) is 59.1 Å². The summed E-state index contributed by atoms with van der Waals surface area (Å²) in [6.45, 7) is 2.94. The summed E-state index contributed by atoms with van der Waals surface area (Å²) in [5.74, 6) is -0.808. The summed E-state index contributed by atoms with van der Waals surface area (Å²) >= 11 is 3.38. The summed E-state index contributed by atoms with van der Waals surface area (Å²) in [4.78, 5) is 39.9. The lowest BCUT2D eigenvalue weighted by atomic mass is 9.96. The first-order chi connectivity index (χ1) is 15.5. The maximum atomic E-state index is 13.4. The highest BCUT2D eigenvalue weighted by Crippen LogP contribution is 2.20. The smallest absolute Gasteiger partial charge is 0.319 e. The minimum absolute atomic E-state index is 0.202. The van der Waals surface area contributed by atoms with Gasteiger partial charge < -0.3 is 20.3 Å². The average molecular weight is 502 g/mol. The third-order valence-corrected chi connectivity index (χ3v) is 5.81. The van der Waals surface area contributed by atoms with Gasteiger partial charge in [0.15, 0.2) is 0 Å². The lowest BCUT2D eigenvalue weighted by Crippen LogP contribution is -2.53. The molecule has 1 fully saturated rings. The van der Waals surface area contributed by atoms with Gasteiger partial charge in [0.1, 0.15) is 6.04 Å². The van der Waals surface area contributed by atoms with Gasteiger partial charge in [0.05, 0.1) is 12.5 Å². The van der Waals surface area contributed by atoms with Crippen molar-refractivity contribution in [2.75, 3.05) is 25.0 Å². The second-order valence-corrected chi connectivity index (χ2v) is 8.64. The van der Waals surface area contributed by atoms with E-state index in [1.165, 1.54) is 0 Å². The van der Waals surface area contributed by atoms with Gasteiger partial charge in [-0.15, -0.1) is 0 Å². The van der Waals surface area contributed by atoms with Crippen LogP contribution in [-0.2, 0) is 20.7 Å². The standard InChI is InChI=1S/C24H28BrN3O4/c1-2-32-23(30)18-10-7-13-28(16-18)22(29)21(14-17-8-4-3-5-9-17)27-24(31)26-20-12-6-11-19(25)15-20/h3-6,8-9,11-12,15,18,21H,2,7,10,13-14,16H2,1H3,(H2,26,27,31). The Morgan fingerprint density at radius 3 is 2.66 bits per heavy atom. The summed E-state index contributed by atoms with van der Waals surface area (Å²) in [6.07, 6.45) is 1.77. The molecule has 1 aliphatic rings. The summed E-state index contributed by atoms with van der Waals surface area (Å²) in [5.41, 5.74) is 1.55. The Hall–Kier alpha value is -2.87. The molecule has 2 aromatic rings. The number of esters is 1. The molecule has 2 atom stereocenters. The SMILES string of the molecule is CCOC(=O)C1CCCN(C(=O)C(Cc2ccccc2)NC(=O)Nc2cccc(Br)c2)C1.